The van der Waals surface area contributed by atoms with Crippen LogP contribution in [0.1, 0.15) is 5.56 Å². The molecule has 0 unspecified atom stereocenters. The van der Waals surface area contributed by atoms with Crippen LogP contribution in [0.3, 0.4) is 0 Å². The fraction of sp³-hybridized carbons (Fsp3) is 0.100. The van der Waals surface area contributed by atoms with Crippen LogP contribution in [-0.2, 0) is 4.79 Å². The minimum Gasteiger partial charge on any atom is -0.493 e. The second kappa shape index (κ2) is 8.31. The van der Waals surface area contributed by atoms with Crippen LogP contribution in [0.25, 0.3) is 17.3 Å². The normalized spacial score (nSPS) is 10.7. The van der Waals surface area contributed by atoms with Gasteiger partial charge in [-0.05, 0) is 29.8 Å². The SMILES string of the molecule is COc1ccc(-c2csc(NC(=O)C=Cc3ccccc3)n2)cc1OC. The summed E-state index contributed by atoms with van der Waals surface area (Å²) in [5.74, 6) is 1.07. The molecule has 0 spiro atoms. The Kier molecular flexibility index (Phi) is 5.66. The predicted octanol–water partition coefficient (Wildman–Crippen LogP) is 4.48. The van der Waals surface area contributed by atoms with Gasteiger partial charge in [-0.1, -0.05) is 30.3 Å². The summed E-state index contributed by atoms with van der Waals surface area (Å²) in [5, 5.41) is 5.21. The van der Waals surface area contributed by atoms with Crippen molar-refractivity contribution in [3.63, 3.8) is 0 Å². The molecule has 0 radical (unpaired) electrons. The van der Waals surface area contributed by atoms with E-state index in [0.717, 1.165) is 16.8 Å². The van der Waals surface area contributed by atoms with E-state index in [4.69, 9.17) is 9.47 Å². The summed E-state index contributed by atoms with van der Waals surface area (Å²) < 4.78 is 10.6. The topological polar surface area (TPSA) is 60.5 Å². The van der Waals surface area contributed by atoms with Gasteiger partial charge in [-0.15, -0.1) is 11.3 Å². The van der Waals surface area contributed by atoms with Crippen LogP contribution < -0.4 is 14.8 Å². The van der Waals surface area contributed by atoms with Crippen molar-refractivity contribution in [3.8, 4) is 22.8 Å². The van der Waals surface area contributed by atoms with E-state index in [2.05, 4.69) is 10.3 Å². The summed E-state index contributed by atoms with van der Waals surface area (Å²) in [6.45, 7) is 0. The number of methoxy groups -OCH3 is 2. The van der Waals surface area contributed by atoms with Crippen LogP contribution in [-0.4, -0.2) is 25.1 Å². The van der Waals surface area contributed by atoms with E-state index >= 15 is 0 Å². The smallest absolute Gasteiger partial charge is 0.250 e. The van der Waals surface area contributed by atoms with Crippen LogP contribution in [0.5, 0.6) is 11.5 Å². The zero-order chi connectivity index (χ0) is 18.4. The van der Waals surface area contributed by atoms with Crippen LogP contribution in [0, 0.1) is 0 Å². The van der Waals surface area contributed by atoms with Crippen LogP contribution >= 0.6 is 11.3 Å². The van der Waals surface area contributed by atoms with Gasteiger partial charge in [0.25, 0.3) is 0 Å². The highest BCUT2D eigenvalue weighted by molar-refractivity contribution is 7.14. The van der Waals surface area contributed by atoms with E-state index in [9.17, 15) is 4.79 Å². The van der Waals surface area contributed by atoms with Gasteiger partial charge in [-0.25, -0.2) is 4.98 Å². The molecule has 1 N–H and O–H groups in total. The molecule has 0 aliphatic carbocycles. The van der Waals surface area contributed by atoms with Crippen LogP contribution in [0.15, 0.2) is 60.0 Å². The Morgan fingerprint density at radius 1 is 1.08 bits per heavy atom. The zero-order valence-electron chi connectivity index (χ0n) is 14.4. The van der Waals surface area contributed by atoms with E-state index in [0.29, 0.717) is 16.6 Å². The highest BCUT2D eigenvalue weighted by Crippen LogP contribution is 2.33. The molecule has 1 heterocycles. The van der Waals surface area contributed by atoms with Crippen molar-refractivity contribution >= 4 is 28.5 Å². The number of amides is 1. The lowest BCUT2D eigenvalue weighted by Gasteiger charge is -2.08. The summed E-state index contributed by atoms with van der Waals surface area (Å²) in [5.41, 5.74) is 2.62. The Hall–Kier alpha value is -3.12. The number of hydrogen-bond acceptors (Lipinski definition) is 5. The number of thiazole rings is 1. The quantitative estimate of drug-likeness (QED) is 0.654. The molecule has 2 aromatic carbocycles. The third-order valence-corrected chi connectivity index (χ3v) is 4.40. The largest absolute Gasteiger partial charge is 0.493 e. The van der Waals surface area contributed by atoms with Gasteiger partial charge in [0.1, 0.15) is 0 Å². The Bertz CT molecular complexity index is 920. The molecule has 1 amide bonds. The van der Waals surface area contributed by atoms with Crippen molar-refractivity contribution in [2.24, 2.45) is 0 Å². The van der Waals surface area contributed by atoms with E-state index in [-0.39, 0.29) is 5.91 Å². The highest BCUT2D eigenvalue weighted by atomic mass is 32.1. The maximum absolute atomic E-state index is 12.0. The molecule has 3 rings (SSSR count). The Labute approximate surface area is 155 Å². The number of nitrogens with one attached hydrogen (secondary N) is 1. The molecule has 132 valence electrons. The fourth-order valence-electron chi connectivity index (χ4n) is 2.34. The standard InChI is InChI=1S/C20H18N2O3S/c1-24-17-10-9-15(12-18(17)25-2)16-13-26-20(21-16)22-19(23)11-8-14-6-4-3-5-7-14/h3-13H,1-2H3,(H,21,22,23). The number of carbonyl (C=O) groups is 1. The number of aromatic nitrogens is 1. The van der Waals surface area contributed by atoms with Crippen LogP contribution in [0.4, 0.5) is 5.13 Å². The Morgan fingerprint density at radius 2 is 1.85 bits per heavy atom. The number of benzene rings is 2. The molecule has 0 aliphatic heterocycles. The maximum Gasteiger partial charge on any atom is 0.250 e. The van der Waals surface area contributed by atoms with Crippen molar-refractivity contribution in [2.75, 3.05) is 19.5 Å². The van der Waals surface area contributed by atoms with Gasteiger partial charge < -0.3 is 9.47 Å². The third kappa shape index (κ3) is 4.29. The number of hydrogen-bond donors (Lipinski definition) is 1. The summed E-state index contributed by atoms with van der Waals surface area (Å²) >= 11 is 1.37. The molecule has 0 saturated carbocycles. The number of rotatable bonds is 6. The van der Waals surface area contributed by atoms with Crippen molar-refractivity contribution in [1.82, 2.24) is 4.98 Å². The average molecular weight is 366 g/mol. The minimum atomic E-state index is -0.220. The van der Waals surface area contributed by atoms with Crippen molar-refractivity contribution in [1.29, 1.82) is 0 Å². The number of carbonyl (C=O) groups excluding carboxylic acids is 1. The number of anilines is 1. The zero-order valence-corrected chi connectivity index (χ0v) is 15.2. The molecule has 0 atom stereocenters. The molecule has 0 saturated heterocycles. The molecule has 0 aliphatic rings. The summed E-state index contributed by atoms with van der Waals surface area (Å²) in [7, 11) is 3.18. The molecular weight excluding hydrogens is 348 g/mol. The number of nitrogens with zero attached hydrogens (tertiary/aromatic N) is 1. The van der Waals surface area contributed by atoms with Gasteiger partial charge >= 0.3 is 0 Å². The molecular formula is C20H18N2O3S. The van der Waals surface area contributed by atoms with E-state index in [1.807, 2.05) is 53.9 Å². The van der Waals surface area contributed by atoms with Gasteiger partial charge in [0, 0.05) is 17.0 Å². The molecule has 5 nitrogen and oxygen atoms in total. The third-order valence-electron chi connectivity index (χ3n) is 3.64. The minimum absolute atomic E-state index is 0.220. The van der Waals surface area contributed by atoms with Gasteiger partial charge in [0.15, 0.2) is 16.6 Å². The van der Waals surface area contributed by atoms with E-state index < -0.39 is 0 Å². The van der Waals surface area contributed by atoms with Gasteiger partial charge in [0.05, 0.1) is 19.9 Å². The Balaban J connectivity index is 1.70. The Morgan fingerprint density at radius 3 is 2.58 bits per heavy atom. The van der Waals surface area contributed by atoms with Gasteiger partial charge in [-0.2, -0.15) is 0 Å². The van der Waals surface area contributed by atoms with Crippen molar-refractivity contribution in [2.45, 2.75) is 0 Å². The monoisotopic (exact) mass is 366 g/mol. The van der Waals surface area contributed by atoms with Gasteiger partial charge in [-0.3, -0.25) is 10.1 Å². The molecule has 1 aromatic heterocycles. The lowest BCUT2D eigenvalue weighted by atomic mass is 10.1. The first-order valence-electron chi connectivity index (χ1n) is 7.91. The molecule has 0 bridgehead atoms. The predicted molar refractivity (Wildman–Crippen MR) is 105 cm³/mol. The average Bonchev–Trinajstić information content (AvgIpc) is 3.15. The first kappa shape index (κ1) is 17.7. The lowest BCUT2D eigenvalue weighted by Crippen LogP contribution is -2.07. The summed E-state index contributed by atoms with van der Waals surface area (Å²) in [6.07, 6.45) is 3.25. The molecule has 26 heavy (non-hydrogen) atoms. The fourth-order valence-corrected chi connectivity index (χ4v) is 3.07. The van der Waals surface area contributed by atoms with Gasteiger partial charge in [0.2, 0.25) is 5.91 Å². The van der Waals surface area contributed by atoms with E-state index in [1.54, 1.807) is 20.3 Å². The van der Waals surface area contributed by atoms with Crippen molar-refractivity contribution < 1.29 is 14.3 Å². The molecule has 0 fully saturated rings. The summed E-state index contributed by atoms with van der Waals surface area (Å²) in [6, 6.07) is 15.2. The van der Waals surface area contributed by atoms with Crippen LogP contribution in [0.2, 0.25) is 0 Å². The maximum atomic E-state index is 12.0. The second-order valence-electron chi connectivity index (χ2n) is 5.34. The highest BCUT2D eigenvalue weighted by Gasteiger charge is 2.10. The van der Waals surface area contributed by atoms with E-state index in [1.165, 1.54) is 17.4 Å². The first-order valence-corrected chi connectivity index (χ1v) is 8.79. The second-order valence-corrected chi connectivity index (χ2v) is 6.20. The summed E-state index contributed by atoms with van der Waals surface area (Å²) in [4.78, 5) is 16.5. The first-order chi connectivity index (χ1) is 12.7. The lowest BCUT2D eigenvalue weighted by molar-refractivity contribution is -0.111. The molecule has 6 heteroatoms. The number of ether oxygens (including phenoxy) is 2. The van der Waals surface area contributed by atoms with Crippen molar-refractivity contribution in [3.05, 3.63) is 65.6 Å². The molecule has 3 aromatic rings.